The summed E-state index contributed by atoms with van der Waals surface area (Å²) in [5.74, 6) is 5.45. The van der Waals surface area contributed by atoms with Gasteiger partial charge >= 0.3 is 0 Å². The molecule has 1 amide bonds. The van der Waals surface area contributed by atoms with Crippen molar-refractivity contribution in [3.8, 4) is 0 Å². The van der Waals surface area contributed by atoms with E-state index in [1.54, 1.807) is 18.5 Å². The van der Waals surface area contributed by atoms with Crippen molar-refractivity contribution >= 4 is 11.6 Å². The zero-order valence-corrected chi connectivity index (χ0v) is 12.7. The molecular formula is C14H24N6O. The Kier molecular flexibility index (Phi) is 5.49. The molecule has 2 rings (SSSR count). The van der Waals surface area contributed by atoms with E-state index in [0.29, 0.717) is 11.3 Å². The Morgan fingerprint density at radius 3 is 2.71 bits per heavy atom. The van der Waals surface area contributed by atoms with Gasteiger partial charge in [0, 0.05) is 45.5 Å². The molecule has 1 aliphatic heterocycles. The number of amides is 1. The fourth-order valence-corrected chi connectivity index (χ4v) is 2.38. The van der Waals surface area contributed by atoms with E-state index in [-0.39, 0.29) is 5.91 Å². The third-order valence-electron chi connectivity index (χ3n) is 3.73. The lowest BCUT2D eigenvalue weighted by atomic mass is 10.2. The van der Waals surface area contributed by atoms with Crippen LogP contribution in [0.3, 0.4) is 0 Å². The Morgan fingerprint density at radius 1 is 1.38 bits per heavy atom. The zero-order chi connectivity index (χ0) is 15.2. The smallest absolute Gasteiger partial charge is 0.256 e. The van der Waals surface area contributed by atoms with Crippen molar-refractivity contribution in [1.82, 2.24) is 19.7 Å². The van der Waals surface area contributed by atoms with Crippen molar-refractivity contribution < 1.29 is 4.79 Å². The number of nitrogens with zero attached hydrogens (tertiary/aromatic N) is 4. The van der Waals surface area contributed by atoms with Crippen LogP contribution in [0.15, 0.2) is 18.5 Å². The van der Waals surface area contributed by atoms with Crippen LogP contribution < -0.4 is 11.3 Å². The zero-order valence-electron chi connectivity index (χ0n) is 12.7. The maximum absolute atomic E-state index is 12.5. The number of anilines is 1. The molecule has 0 aliphatic carbocycles. The fraction of sp³-hybridized carbons (Fsp3) is 0.571. The molecule has 2 heterocycles. The van der Waals surface area contributed by atoms with Gasteiger partial charge in [-0.2, -0.15) is 0 Å². The standard InChI is InChI=1S/C14H24N6O/c1-18(2)5-6-19-7-9-20(10-8-19)14(21)12-3-4-16-11-13(12)17-15/h3-4,11,17H,5-10,15H2,1-2H3. The number of hydrazine groups is 1. The number of likely N-dealkylation sites (N-methyl/N-ethyl adjacent to an activating group) is 1. The Bertz CT molecular complexity index is 470. The molecule has 0 atom stereocenters. The first-order valence-corrected chi connectivity index (χ1v) is 7.19. The Morgan fingerprint density at radius 2 is 2.10 bits per heavy atom. The monoisotopic (exact) mass is 292 g/mol. The Hall–Kier alpha value is -1.70. The number of carbonyl (C=O) groups is 1. The number of nitrogens with two attached hydrogens (primary N) is 1. The van der Waals surface area contributed by atoms with Crippen LogP contribution in [0.1, 0.15) is 10.4 Å². The van der Waals surface area contributed by atoms with Crippen LogP contribution in [0.5, 0.6) is 0 Å². The summed E-state index contributed by atoms with van der Waals surface area (Å²) in [6, 6.07) is 1.70. The topological polar surface area (TPSA) is 77.7 Å². The van der Waals surface area contributed by atoms with E-state index in [4.69, 9.17) is 5.84 Å². The molecule has 1 aliphatic rings. The van der Waals surface area contributed by atoms with Crippen LogP contribution in [-0.2, 0) is 0 Å². The SMILES string of the molecule is CN(C)CCN1CCN(C(=O)c2ccncc2NN)CC1. The summed E-state index contributed by atoms with van der Waals surface area (Å²) in [7, 11) is 4.15. The van der Waals surface area contributed by atoms with Crippen molar-refractivity contribution in [3.05, 3.63) is 24.0 Å². The van der Waals surface area contributed by atoms with Crippen molar-refractivity contribution in [2.75, 3.05) is 58.8 Å². The average molecular weight is 292 g/mol. The van der Waals surface area contributed by atoms with Crippen LogP contribution >= 0.6 is 0 Å². The van der Waals surface area contributed by atoms with E-state index in [1.807, 2.05) is 4.90 Å². The molecule has 0 spiro atoms. The molecule has 116 valence electrons. The number of aromatic nitrogens is 1. The van der Waals surface area contributed by atoms with E-state index in [9.17, 15) is 4.79 Å². The second kappa shape index (κ2) is 7.35. The van der Waals surface area contributed by atoms with Crippen LogP contribution in [0, 0.1) is 0 Å². The first kappa shape index (κ1) is 15.7. The van der Waals surface area contributed by atoms with Gasteiger partial charge in [-0.1, -0.05) is 0 Å². The van der Waals surface area contributed by atoms with Gasteiger partial charge < -0.3 is 15.2 Å². The van der Waals surface area contributed by atoms with Crippen molar-refractivity contribution in [2.45, 2.75) is 0 Å². The third kappa shape index (κ3) is 4.13. The maximum atomic E-state index is 12.5. The van der Waals surface area contributed by atoms with Gasteiger partial charge in [-0.25, -0.2) is 0 Å². The second-order valence-corrected chi connectivity index (χ2v) is 5.50. The van der Waals surface area contributed by atoms with Crippen molar-refractivity contribution in [1.29, 1.82) is 0 Å². The lowest BCUT2D eigenvalue weighted by molar-refractivity contribution is 0.0630. The summed E-state index contributed by atoms with van der Waals surface area (Å²) < 4.78 is 0. The quantitative estimate of drug-likeness (QED) is 0.572. The minimum Gasteiger partial charge on any atom is -0.336 e. The summed E-state index contributed by atoms with van der Waals surface area (Å²) in [5.41, 5.74) is 3.68. The average Bonchev–Trinajstić information content (AvgIpc) is 2.52. The summed E-state index contributed by atoms with van der Waals surface area (Å²) in [5, 5.41) is 0. The van der Waals surface area contributed by atoms with Gasteiger partial charge in [0.2, 0.25) is 0 Å². The number of nitrogen functional groups attached to an aromatic ring is 1. The normalized spacial score (nSPS) is 16.3. The predicted molar refractivity (Wildman–Crippen MR) is 82.9 cm³/mol. The van der Waals surface area contributed by atoms with E-state index in [0.717, 1.165) is 39.3 Å². The number of hydrogen-bond donors (Lipinski definition) is 2. The highest BCUT2D eigenvalue weighted by molar-refractivity contribution is 5.99. The maximum Gasteiger partial charge on any atom is 0.256 e. The van der Waals surface area contributed by atoms with Gasteiger partial charge in [-0.15, -0.1) is 0 Å². The van der Waals surface area contributed by atoms with Crippen LogP contribution in [0.25, 0.3) is 0 Å². The number of hydrogen-bond acceptors (Lipinski definition) is 6. The molecule has 1 fully saturated rings. The van der Waals surface area contributed by atoms with Gasteiger partial charge in [-0.3, -0.25) is 20.5 Å². The van der Waals surface area contributed by atoms with Gasteiger partial charge in [0.05, 0.1) is 17.4 Å². The van der Waals surface area contributed by atoms with Gasteiger partial charge in [-0.05, 0) is 20.2 Å². The highest BCUT2D eigenvalue weighted by Gasteiger charge is 2.23. The van der Waals surface area contributed by atoms with Crippen molar-refractivity contribution in [3.63, 3.8) is 0 Å². The molecular weight excluding hydrogens is 268 g/mol. The minimum absolute atomic E-state index is 0.0117. The summed E-state index contributed by atoms with van der Waals surface area (Å²) in [6.45, 7) is 5.41. The number of rotatable bonds is 5. The summed E-state index contributed by atoms with van der Waals surface area (Å²) in [4.78, 5) is 22.9. The molecule has 0 radical (unpaired) electrons. The summed E-state index contributed by atoms with van der Waals surface area (Å²) >= 11 is 0. The Balaban J connectivity index is 1.91. The first-order valence-electron chi connectivity index (χ1n) is 7.19. The predicted octanol–water partition coefficient (Wildman–Crippen LogP) is -0.313. The number of pyridine rings is 1. The van der Waals surface area contributed by atoms with E-state index < -0.39 is 0 Å². The van der Waals surface area contributed by atoms with Crippen LogP contribution in [-0.4, -0.2) is 79.0 Å². The molecule has 3 N–H and O–H groups in total. The molecule has 0 saturated carbocycles. The molecule has 7 nitrogen and oxygen atoms in total. The molecule has 1 aromatic rings. The number of piperazine rings is 1. The lowest BCUT2D eigenvalue weighted by Crippen LogP contribution is -2.50. The molecule has 0 bridgehead atoms. The first-order chi connectivity index (χ1) is 10.1. The van der Waals surface area contributed by atoms with E-state index in [1.165, 1.54) is 0 Å². The lowest BCUT2D eigenvalue weighted by Gasteiger charge is -2.35. The molecule has 1 aromatic heterocycles. The van der Waals surface area contributed by atoms with Gasteiger partial charge in [0.1, 0.15) is 0 Å². The van der Waals surface area contributed by atoms with Crippen LogP contribution in [0.4, 0.5) is 5.69 Å². The fourth-order valence-electron chi connectivity index (χ4n) is 2.38. The number of carbonyl (C=O) groups excluding carboxylic acids is 1. The molecule has 7 heteroatoms. The molecule has 0 unspecified atom stereocenters. The van der Waals surface area contributed by atoms with Crippen molar-refractivity contribution in [2.24, 2.45) is 5.84 Å². The summed E-state index contributed by atoms with van der Waals surface area (Å²) in [6.07, 6.45) is 3.18. The molecule has 0 aromatic carbocycles. The largest absolute Gasteiger partial charge is 0.336 e. The van der Waals surface area contributed by atoms with Gasteiger partial charge in [0.25, 0.3) is 5.91 Å². The van der Waals surface area contributed by atoms with E-state index in [2.05, 4.69) is 34.3 Å². The highest BCUT2D eigenvalue weighted by Crippen LogP contribution is 2.16. The highest BCUT2D eigenvalue weighted by atomic mass is 16.2. The minimum atomic E-state index is 0.0117. The third-order valence-corrected chi connectivity index (χ3v) is 3.73. The van der Waals surface area contributed by atoms with E-state index >= 15 is 0 Å². The second-order valence-electron chi connectivity index (χ2n) is 5.50. The van der Waals surface area contributed by atoms with Gasteiger partial charge in [0.15, 0.2) is 0 Å². The Labute approximate surface area is 125 Å². The number of nitrogens with one attached hydrogen (secondary N) is 1. The van der Waals surface area contributed by atoms with Crippen LogP contribution in [0.2, 0.25) is 0 Å². The molecule has 1 saturated heterocycles. The molecule has 21 heavy (non-hydrogen) atoms.